The van der Waals surface area contributed by atoms with Crippen molar-refractivity contribution in [1.82, 2.24) is 34.7 Å². The van der Waals surface area contributed by atoms with Gasteiger partial charge in [0.15, 0.2) is 11.5 Å². The highest BCUT2D eigenvalue weighted by Crippen LogP contribution is 2.35. The van der Waals surface area contributed by atoms with Gasteiger partial charge in [-0.3, -0.25) is 9.78 Å². The Balaban J connectivity index is 1.53. The highest BCUT2D eigenvalue weighted by Gasteiger charge is 2.41. The SMILES string of the molecule is [2H]c1ccc2c(-n3ncc(C(=O)Nc4cnc(-n5nccn5)c(Cl)c4)c3C(F)(F)F)cccc2n1. The van der Waals surface area contributed by atoms with E-state index in [9.17, 15) is 18.0 Å². The van der Waals surface area contributed by atoms with Crippen LogP contribution in [0, 0.1) is 0 Å². The zero-order chi connectivity index (χ0) is 24.7. The second-order valence-electron chi connectivity index (χ2n) is 6.90. The first kappa shape index (κ1) is 20.3. The van der Waals surface area contributed by atoms with E-state index in [0.29, 0.717) is 15.6 Å². The lowest BCUT2D eigenvalue weighted by Crippen LogP contribution is -2.21. The van der Waals surface area contributed by atoms with Gasteiger partial charge in [-0.25, -0.2) is 9.67 Å². The summed E-state index contributed by atoms with van der Waals surface area (Å²) in [6.45, 7) is 0. The second-order valence-corrected chi connectivity index (χ2v) is 7.31. The number of amides is 1. The Kier molecular flexibility index (Phi) is 4.91. The van der Waals surface area contributed by atoms with Crippen molar-refractivity contribution in [3.05, 3.63) is 83.6 Å². The summed E-state index contributed by atoms with van der Waals surface area (Å²) >= 11 is 6.17. The van der Waals surface area contributed by atoms with Crippen LogP contribution in [0.25, 0.3) is 22.4 Å². The number of benzene rings is 1. The molecular formula is C21H12ClF3N8O. The van der Waals surface area contributed by atoms with Gasteiger partial charge in [0.2, 0.25) is 0 Å². The molecule has 0 aliphatic heterocycles. The van der Waals surface area contributed by atoms with Crippen LogP contribution in [0.3, 0.4) is 0 Å². The average molecular weight is 486 g/mol. The number of carbonyl (C=O) groups is 1. The summed E-state index contributed by atoms with van der Waals surface area (Å²) in [6.07, 6.45) is -0.0635. The Bertz CT molecular complexity index is 1570. The normalized spacial score (nSPS) is 12.1. The molecular weight excluding hydrogens is 473 g/mol. The number of alkyl halides is 3. The summed E-state index contributed by atoms with van der Waals surface area (Å²) < 4.78 is 50.7. The Labute approximate surface area is 195 Å². The third kappa shape index (κ3) is 3.83. The summed E-state index contributed by atoms with van der Waals surface area (Å²) in [5, 5.41) is 14.4. The van der Waals surface area contributed by atoms with Gasteiger partial charge in [-0.1, -0.05) is 17.7 Å². The number of fused-ring (bicyclic) bond motifs is 1. The molecule has 0 radical (unpaired) electrons. The lowest BCUT2D eigenvalue weighted by Gasteiger charge is -2.14. The van der Waals surface area contributed by atoms with Crippen LogP contribution in [0.2, 0.25) is 5.02 Å². The Morgan fingerprint density at radius 2 is 1.85 bits per heavy atom. The maximum absolute atomic E-state index is 14.1. The molecule has 0 unspecified atom stereocenters. The summed E-state index contributed by atoms with van der Waals surface area (Å²) in [4.78, 5) is 22.1. The zero-order valence-corrected chi connectivity index (χ0v) is 17.6. The van der Waals surface area contributed by atoms with Crippen molar-refractivity contribution >= 4 is 34.1 Å². The van der Waals surface area contributed by atoms with E-state index in [2.05, 4.69) is 30.6 Å². The molecule has 5 aromatic rings. The molecule has 1 amide bonds. The van der Waals surface area contributed by atoms with Gasteiger partial charge >= 0.3 is 6.18 Å². The number of pyridine rings is 2. The van der Waals surface area contributed by atoms with E-state index < -0.39 is 23.3 Å². The van der Waals surface area contributed by atoms with E-state index in [4.69, 9.17) is 13.0 Å². The van der Waals surface area contributed by atoms with Crippen LogP contribution in [0.15, 0.2) is 67.4 Å². The van der Waals surface area contributed by atoms with Gasteiger partial charge in [0, 0.05) is 11.6 Å². The molecule has 1 aromatic carbocycles. The lowest BCUT2D eigenvalue weighted by atomic mass is 10.1. The number of carbonyl (C=O) groups excluding carboxylic acids is 1. The third-order valence-electron chi connectivity index (χ3n) is 4.77. The smallest absolute Gasteiger partial charge is 0.320 e. The first-order valence-electron chi connectivity index (χ1n) is 10.1. The molecule has 13 heteroatoms. The van der Waals surface area contributed by atoms with E-state index >= 15 is 0 Å². The van der Waals surface area contributed by atoms with Crippen LogP contribution in [-0.4, -0.2) is 40.6 Å². The number of anilines is 1. The van der Waals surface area contributed by atoms with Gasteiger partial charge in [0.25, 0.3) is 5.91 Å². The molecule has 170 valence electrons. The van der Waals surface area contributed by atoms with Crippen LogP contribution in [0.4, 0.5) is 18.9 Å². The van der Waals surface area contributed by atoms with Gasteiger partial charge in [-0.15, -0.1) is 4.80 Å². The maximum Gasteiger partial charge on any atom is 0.434 e. The molecule has 0 saturated carbocycles. The van der Waals surface area contributed by atoms with Crippen LogP contribution >= 0.6 is 11.6 Å². The quantitative estimate of drug-likeness (QED) is 0.406. The van der Waals surface area contributed by atoms with Crippen LogP contribution in [-0.2, 0) is 6.18 Å². The van der Waals surface area contributed by atoms with Crippen molar-refractivity contribution in [1.29, 1.82) is 0 Å². The summed E-state index contributed by atoms with van der Waals surface area (Å²) in [5.74, 6) is -0.878. The fourth-order valence-corrected chi connectivity index (χ4v) is 3.60. The lowest BCUT2D eigenvalue weighted by molar-refractivity contribution is -0.143. The molecule has 0 aliphatic rings. The van der Waals surface area contributed by atoms with Crippen LogP contribution in [0.5, 0.6) is 0 Å². The number of halogens is 4. The minimum Gasteiger partial charge on any atom is -0.320 e. The number of nitrogens with zero attached hydrogens (tertiary/aromatic N) is 7. The molecule has 9 nitrogen and oxygen atoms in total. The van der Waals surface area contributed by atoms with Crippen molar-refractivity contribution in [2.75, 3.05) is 5.32 Å². The molecule has 0 bridgehead atoms. The molecule has 0 saturated heterocycles. The van der Waals surface area contributed by atoms with Gasteiger partial charge in [-0.05, 0) is 30.3 Å². The first-order chi connectivity index (χ1) is 16.7. The fourth-order valence-electron chi connectivity index (χ4n) is 3.36. The van der Waals surface area contributed by atoms with E-state index in [1.54, 1.807) is 6.07 Å². The third-order valence-corrected chi connectivity index (χ3v) is 5.05. The fraction of sp³-hybridized carbons (Fsp3) is 0.0476. The summed E-state index contributed by atoms with van der Waals surface area (Å²) in [6, 6.07) is 8.64. The van der Waals surface area contributed by atoms with E-state index in [0.717, 1.165) is 11.0 Å². The standard InChI is InChI=1S/C21H12ClF3N8O/c22-15-9-12(10-27-19(15)33-28-7-8-29-33)31-20(34)14-11-30-32(18(14)21(23,24)25)17-5-1-4-16-13(17)3-2-6-26-16/h1-11H,(H,31,34)/i6D. The van der Waals surface area contributed by atoms with Crippen molar-refractivity contribution in [2.45, 2.75) is 6.18 Å². The van der Waals surface area contributed by atoms with Crippen molar-refractivity contribution in [2.24, 2.45) is 0 Å². The van der Waals surface area contributed by atoms with Crippen LogP contribution in [0.1, 0.15) is 17.4 Å². The first-order valence-corrected chi connectivity index (χ1v) is 9.96. The second kappa shape index (κ2) is 8.23. The summed E-state index contributed by atoms with van der Waals surface area (Å²) in [7, 11) is 0. The van der Waals surface area contributed by atoms with Gasteiger partial charge in [0.05, 0.1) is 53.6 Å². The largest absolute Gasteiger partial charge is 0.434 e. The molecule has 5 rings (SSSR count). The molecule has 0 spiro atoms. The topological polar surface area (TPSA) is 103 Å². The average Bonchev–Trinajstić information content (AvgIpc) is 3.49. The minimum atomic E-state index is -4.92. The Hall–Kier alpha value is -4.32. The molecule has 0 atom stereocenters. The number of aromatic nitrogens is 7. The van der Waals surface area contributed by atoms with Crippen molar-refractivity contribution in [3.63, 3.8) is 0 Å². The number of hydrogen-bond acceptors (Lipinski definition) is 6. The minimum absolute atomic E-state index is 0.0344. The van der Waals surface area contributed by atoms with E-state index in [-0.39, 0.29) is 28.4 Å². The highest BCUT2D eigenvalue weighted by molar-refractivity contribution is 6.32. The van der Waals surface area contributed by atoms with Crippen molar-refractivity contribution < 1.29 is 19.3 Å². The number of rotatable bonds is 4. The number of nitrogens with one attached hydrogen (secondary N) is 1. The maximum atomic E-state index is 14.1. The zero-order valence-electron chi connectivity index (χ0n) is 17.8. The van der Waals surface area contributed by atoms with Crippen LogP contribution < -0.4 is 5.32 Å². The molecule has 0 fully saturated rings. The molecule has 0 aliphatic carbocycles. The summed E-state index contributed by atoms with van der Waals surface area (Å²) in [5.41, 5.74) is -1.53. The number of hydrogen-bond donors (Lipinski definition) is 1. The molecule has 4 heterocycles. The Morgan fingerprint density at radius 1 is 1.06 bits per heavy atom. The van der Waals surface area contributed by atoms with Gasteiger partial charge < -0.3 is 5.32 Å². The molecule has 4 aromatic heterocycles. The highest BCUT2D eigenvalue weighted by atomic mass is 35.5. The predicted octanol–water partition coefficient (Wildman–Crippen LogP) is 4.32. The van der Waals surface area contributed by atoms with Gasteiger partial charge in [0.1, 0.15) is 0 Å². The Morgan fingerprint density at radius 3 is 2.59 bits per heavy atom. The van der Waals surface area contributed by atoms with E-state index in [1.165, 1.54) is 48.9 Å². The molecule has 1 N–H and O–H groups in total. The van der Waals surface area contributed by atoms with E-state index in [1.807, 2.05) is 0 Å². The van der Waals surface area contributed by atoms with Gasteiger partial charge in [-0.2, -0.15) is 28.5 Å². The molecule has 34 heavy (non-hydrogen) atoms. The predicted molar refractivity (Wildman–Crippen MR) is 116 cm³/mol. The monoisotopic (exact) mass is 485 g/mol. The van der Waals surface area contributed by atoms with Crippen molar-refractivity contribution in [3.8, 4) is 11.5 Å².